The molecule has 0 fully saturated rings. The number of esters is 1. The molecule has 5 amide bonds. The van der Waals surface area contributed by atoms with Crippen LogP contribution in [0.3, 0.4) is 0 Å². The van der Waals surface area contributed by atoms with Crippen LogP contribution in [0, 0.1) is 5.92 Å². The van der Waals surface area contributed by atoms with E-state index in [4.69, 9.17) is 4.74 Å². The molecule has 9 nitrogen and oxygen atoms in total. The zero-order valence-electron chi connectivity index (χ0n) is 17.8. The number of carbonyl (C=O) groups excluding carboxylic acids is 5. The van der Waals surface area contributed by atoms with Crippen LogP contribution in [0.15, 0.2) is 24.3 Å². The Balaban J connectivity index is 2.07. The molecule has 9 heteroatoms. The summed E-state index contributed by atoms with van der Waals surface area (Å²) in [5, 5.41) is 4.60. The number of hydrogen-bond acceptors (Lipinski definition) is 6. The summed E-state index contributed by atoms with van der Waals surface area (Å²) >= 11 is 0. The number of ether oxygens (including phenoxy) is 1. The van der Waals surface area contributed by atoms with Gasteiger partial charge in [-0.25, -0.2) is 9.59 Å². The number of hydrogen-bond donors (Lipinski definition) is 2. The maximum Gasteiger partial charge on any atom is 0.329 e. The Morgan fingerprint density at radius 1 is 1.03 bits per heavy atom. The predicted octanol–water partition coefficient (Wildman–Crippen LogP) is 1.86. The highest BCUT2D eigenvalue weighted by Crippen LogP contribution is 2.27. The van der Waals surface area contributed by atoms with E-state index >= 15 is 0 Å². The van der Waals surface area contributed by atoms with Crippen LogP contribution >= 0.6 is 0 Å². The molecular weight excluding hydrogens is 390 g/mol. The summed E-state index contributed by atoms with van der Waals surface area (Å²) < 4.78 is 5.03. The average Bonchev–Trinajstić information content (AvgIpc) is 2.87. The molecule has 0 aliphatic carbocycles. The number of carbonyl (C=O) groups is 5. The van der Waals surface area contributed by atoms with Gasteiger partial charge in [0.25, 0.3) is 17.7 Å². The van der Waals surface area contributed by atoms with Gasteiger partial charge < -0.3 is 10.1 Å². The molecule has 1 aromatic rings. The van der Waals surface area contributed by atoms with Gasteiger partial charge in [-0.2, -0.15) is 0 Å². The molecular formula is C21H27N3O6. The summed E-state index contributed by atoms with van der Waals surface area (Å²) in [6.07, 6.45) is 0.177. The van der Waals surface area contributed by atoms with Crippen molar-refractivity contribution in [3.05, 3.63) is 35.4 Å². The standard InChI is InChI=1S/C21H27N3O6/c1-12(2)10-15(24-17(26)13-8-6-7-9-14(13)18(24)27)19(28)30-11-16(25)22-20(29)23-21(3,4)5/h6-9,12,15H,10-11H2,1-5H3,(H2,22,23,25,29). The fraction of sp³-hybridized carbons (Fsp3) is 0.476. The SMILES string of the molecule is CC(C)CC(C(=O)OCC(=O)NC(=O)NC(C)(C)C)N1C(=O)c2ccccc2C1=O. The van der Waals surface area contributed by atoms with Crippen molar-refractivity contribution in [1.29, 1.82) is 0 Å². The van der Waals surface area contributed by atoms with Crippen LogP contribution in [0.1, 0.15) is 61.8 Å². The smallest absolute Gasteiger partial charge is 0.329 e. The molecule has 1 heterocycles. The molecule has 0 saturated carbocycles. The van der Waals surface area contributed by atoms with E-state index in [1.807, 2.05) is 13.8 Å². The van der Waals surface area contributed by atoms with E-state index < -0.39 is 47.9 Å². The van der Waals surface area contributed by atoms with Crippen molar-refractivity contribution in [2.75, 3.05) is 6.61 Å². The topological polar surface area (TPSA) is 122 Å². The highest BCUT2D eigenvalue weighted by molar-refractivity contribution is 6.22. The lowest BCUT2D eigenvalue weighted by Crippen LogP contribution is -2.50. The maximum atomic E-state index is 12.7. The summed E-state index contributed by atoms with van der Waals surface area (Å²) in [4.78, 5) is 62.6. The van der Waals surface area contributed by atoms with Gasteiger partial charge in [-0.05, 0) is 45.2 Å². The summed E-state index contributed by atoms with van der Waals surface area (Å²) in [5.74, 6) is -2.89. The van der Waals surface area contributed by atoms with E-state index in [0.29, 0.717) is 0 Å². The minimum absolute atomic E-state index is 0.0294. The van der Waals surface area contributed by atoms with Gasteiger partial charge in [-0.3, -0.25) is 24.6 Å². The van der Waals surface area contributed by atoms with Gasteiger partial charge in [-0.15, -0.1) is 0 Å². The second kappa shape index (κ2) is 9.06. The number of imide groups is 2. The van der Waals surface area contributed by atoms with Gasteiger partial charge in [0, 0.05) is 5.54 Å². The zero-order chi connectivity index (χ0) is 22.6. The third kappa shape index (κ3) is 5.65. The highest BCUT2D eigenvalue weighted by Gasteiger charge is 2.43. The van der Waals surface area contributed by atoms with Gasteiger partial charge in [0.2, 0.25) is 0 Å². The average molecular weight is 417 g/mol. The molecule has 1 atom stereocenters. The van der Waals surface area contributed by atoms with Crippen molar-refractivity contribution in [3.63, 3.8) is 0 Å². The van der Waals surface area contributed by atoms with Crippen molar-refractivity contribution in [3.8, 4) is 0 Å². The Labute approximate surface area is 175 Å². The second-order valence-electron chi connectivity index (χ2n) is 8.53. The molecule has 1 aliphatic heterocycles. The van der Waals surface area contributed by atoms with Gasteiger partial charge in [0.1, 0.15) is 6.04 Å². The second-order valence-corrected chi connectivity index (χ2v) is 8.53. The van der Waals surface area contributed by atoms with Crippen molar-refractivity contribution in [2.45, 2.75) is 52.6 Å². The minimum atomic E-state index is -1.17. The Kier molecular flexibility index (Phi) is 6.96. The molecule has 0 saturated heterocycles. The number of nitrogens with one attached hydrogen (secondary N) is 2. The Hall–Kier alpha value is -3.23. The van der Waals surface area contributed by atoms with Crippen LogP contribution in [-0.4, -0.2) is 52.8 Å². The van der Waals surface area contributed by atoms with E-state index in [2.05, 4.69) is 10.6 Å². The Morgan fingerprint density at radius 3 is 2.03 bits per heavy atom. The molecule has 0 spiro atoms. The molecule has 1 aromatic carbocycles. The monoisotopic (exact) mass is 417 g/mol. The van der Waals surface area contributed by atoms with Crippen LogP contribution in [0.4, 0.5) is 4.79 Å². The first-order chi connectivity index (χ1) is 13.9. The molecule has 1 aliphatic rings. The Bertz CT molecular complexity index is 837. The van der Waals surface area contributed by atoms with E-state index in [1.165, 1.54) is 12.1 Å². The number of nitrogens with zero attached hydrogens (tertiary/aromatic N) is 1. The summed E-state index contributed by atoms with van der Waals surface area (Å²) in [5.41, 5.74) is -0.101. The summed E-state index contributed by atoms with van der Waals surface area (Å²) in [6.45, 7) is 8.19. The lowest BCUT2D eigenvalue weighted by Gasteiger charge is -2.26. The van der Waals surface area contributed by atoms with Crippen molar-refractivity contribution in [1.82, 2.24) is 15.5 Å². The van der Waals surface area contributed by atoms with Crippen molar-refractivity contribution >= 4 is 29.7 Å². The lowest BCUT2D eigenvalue weighted by molar-refractivity contribution is -0.152. The molecule has 2 rings (SSSR count). The van der Waals surface area contributed by atoms with Crippen molar-refractivity contribution in [2.24, 2.45) is 5.92 Å². The number of fused-ring (bicyclic) bond motifs is 1. The number of urea groups is 1. The fourth-order valence-electron chi connectivity index (χ4n) is 3.01. The van der Waals surface area contributed by atoms with Crippen LogP contribution in [0.2, 0.25) is 0 Å². The largest absolute Gasteiger partial charge is 0.454 e. The maximum absolute atomic E-state index is 12.7. The fourth-order valence-corrected chi connectivity index (χ4v) is 3.01. The van der Waals surface area contributed by atoms with Crippen LogP contribution in [0.5, 0.6) is 0 Å². The predicted molar refractivity (Wildman–Crippen MR) is 108 cm³/mol. The number of amides is 5. The van der Waals surface area contributed by atoms with E-state index in [9.17, 15) is 24.0 Å². The molecule has 30 heavy (non-hydrogen) atoms. The van der Waals surface area contributed by atoms with Gasteiger partial charge in [-0.1, -0.05) is 26.0 Å². The zero-order valence-corrected chi connectivity index (χ0v) is 17.8. The first-order valence-electron chi connectivity index (χ1n) is 9.66. The van der Waals surface area contributed by atoms with E-state index in [0.717, 1.165) is 4.90 Å². The van der Waals surface area contributed by atoms with Gasteiger partial charge in [0.15, 0.2) is 6.61 Å². The number of benzene rings is 1. The molecule has 162 valence electrons. The molecule has 0 aromatic heterocycles. The van der Waals surface area contributed by atoms with Crippen LogP contribution in [0.25, 0.3) is 0 Å². The van der Waals surface area contributed by atoms with Crippen LogP contribution < -0.4 is 10.6 Å². The first kappa shape index (κ1) is 23.1. The summed E-state index contributed by atoms with van der Waals surface area (Å²) in [6, 6.07) is 4.42. The lowest BCUT2D eigenvalue weighted by atomic mass is 10.0. The number of rotatable bonds is 6. The molecule has 0 bridgehead atoms. The molecule has 2 N–H and O–H groups in total. The summed E-state index contributed by atoms with van der Waals surface area (Å²) in [7, 11) is 0. The van der Waals surface area contributed by atoms with Crippen LogP contribution in [-0.2, 0) is 14.3 Å². The van der Waals surface area contributed by atoms with Gasteiger partial charge in [0.05, 0.1) is 11.1 Å². The Morgan fingerprint density at radius 2 is 1.57 bits per heavy atom. The minimum Gasteiger partial charge on any atom is -0.454 e. The molecule has 1 unspecified atom stereocenters. The van der Waals surface area contributed by atoms with E-state index in [1.54, 1.807) is 32.9 Å². The van der Waals surface area contributed by atoms with Crippen molar-refractivity contribution < 1.29 is 28.7 Å². The third-order valence-electron chi connectivity index (χ3n) is 4.19. The first-order valence-corrected chi connectivity index (χ1v) is 9.66. The van der Waals surface area contributed by atoms with Gasteiger partial charge >= 0.3 is 12.0 Å². The normalized spacial score (nSPS) is 14.4. The third-order valence-corrected chi connectivity index (χ3v) is 4.19. The van der Waals surface area contributed by atoms with E-state index in [-0.39, 0.29) is 23.5 Å². The quantitative estimate of drug-likeness (QED) is 0.538. The highest BCUT2D eigenvalue weighted by atomic mass is 16.5. The molecule has 0 radical (unpaired) electrons.